The van der Waals surface area contributed by atoms with Gasteiger partial charge in [-0.3, -0.25) is 14.9 Å². The molecular formula is C22H18BrN3O5. The lowest BCUT2D eigenvalue weighted by molar-refractivity contribution is -0.384. The molecule has 3 aromatic carbocycles. The number of methoxy groups -OCH3 is 1. The summed E-state index contributed by atoms with van der Waals surface area (Å²) in [5.74, 6) is 0.664. The number of hydrogen-bond acceptors (Lipinski definition) is 6. The highest BCUT2D eigenvalue weighted by molar-refractivity contribution is 9.10. The van der Waals surface area contributed by atoms with Crippen LogP contribution in [0.25, 0.3) is 0 Å². The summed E-state index contributed by atoms with van der Waals surface area (Å²) in [4.78, 5) is 22.5. The number of nitrogens with zero attached hydrogens (tertiary/aromatic N) is 2. The lowest BCUT2D eigenvalue weighted by atomic mass is 10.2. The van der Waals surface area contributed by atoms with Crippen molar-refractivity contribution in [3.8, 4) is 11.5 Å². The van der Waals surface area contributed by atoms with Gasteiger partial charge in [-0.2, -0.15) is 5.10 Å². The number of carbonyl (C=O) groups is 1. The van der Waals surface area contributed by atoms with Crippen LogP contribution in [0.5, 0.6) is 11.5 Å². The van der Waals surface area contributed by atoms with Crippen LogP contribution in [0, 0.1) is 10.1 Å². The van der Waals surface area contributed by atoms with Crippen molar-refractivity contribution in [1.82, 2.24) is 5.43 Å². The number of halogens is 1. The van der Waals surface area contributed by atoms with E-state index >= 15 is 0 Å². The summed E-state index contributed by atoms with van der Waals surface area (Å²) in [5, 5.41) is 14.7. The second kappa shape index (κ2) is 10.4. The predicted octanol–water partition coefficient (Wildman–Crippen LogP) is 4.71. The minimum Gasteiger partial charge on any atom is -0.493 e. The highest BCUT2D eigenvalue weighted by Crippen LogP contribution is 2.28. The normalized spacial score (nSPS) is 10.6. The Morgan fingerprint density at radius 3 is 2.55 bits per heavy atom. The number of hydrogen-bond donors (Lipinski definition) is 1. The van der Waals surface area contributed by atoms with Gasteiger partial charge in [0.05, 0.1) is 23.8 Å². The van der Waals surface area contributed by atoms with Gasteiger partial charge in [-0.25, -0.2) is 5.43 Å². The number of nitro benzene ring substituents is 1. The van der Waals surface area contributed by atoms with Crippen LogP contribution in [0.2, 0.25) is 0 Å². The lowest BCUT2D eigenvalue weighted by Gasteiger charge is -2.11. The quantitative estimate of drug-likeness (QED) is 0.284. The molecule has 0 aliphatic rings. The SMILES string of the molecule is COc1cc(/C=N\NC(=O)c2ccccc2Br)ccc1OCc1ccc([N+](=O)[O-])cc1. The number of rotatable bonds is 8. The first-order valence-electron chi connectivity index (χ1n) is 9.10. The standard InChI is InChI=1S/C22H18BrN3O5/c1-30-21-12-16(13-24-25-22(27)18-4-2-3-5-19(18)23)8-11-20(21)31-14-15-6-9-17(10-7-15)26(28)29/h2-13H,14H2,1H3,(H,25,27)/b24-13-. The van der Waals surface area contributed by atoms with Crippen LogP contribution >= 0.6 is 15.9 Å². The molecule has 3 aromatic rings. The summed E-state index contributed by atoms with van der Waals surface area (Å²) >= 11 is 3.33. The molecule has 8 nitrogen and oxygen atoms in total. The fraction of sp³-hybridized carbons (Fsp3) is 0.0909. The van der Waals surface area contributed by atoms with Gasteiger partial charge in [-0.05, 0) is 69.5 Å². The number of hydrazone groups is 1. The maximum atomic E-state index is 12.2. The summed E-state index contributed by atoms with van der Waals surface area (Å²) in [6, 6.07) is 18.4. The van der Waals surface area contributed by atoms with Gasteiger partial charge in [0, 0.05) is 16.6 Å². The zero-order chi connectivity index (χ0) is 22.2. The van der Waals surface area contributed by atoms with Crippen LogP contribution in [0.3, 0.4) is 0 Å². The molecule has 1 amide bonds. The third-order valence-corrected chi connectivity index (χ3v) is 4.92. The number of carbonyl (C=O) groups excluding carboxylic acids is 1. The molecule has 31 heavy (non-hydrogen) atoms. The Bertz CT molecular complexity index is 1120. The third kappa shape index (κ3) is 5.89. The van der Waals surface area contributed by atoms with Crippen LogP contribution < -0.4 is 14.9 Å². The highest BCUT2D eigenvalue weighted by Gasteiger charge is 2.09. The molecule has 0 atom stereocenters. The molecule has 0 bridgehead atoms. The Kier molecular flexibility index (Phi) is 7.34. The molecule has 0 fully saturated rings. The van der Waals surface area contributed by atoms with Gasteiger partial charge < -0.3 is 9.47 Å². The average Bonchev–Trinajstić information content (AvgIpc) is 2.78. The molecule has 0 radical (unpaired) electrons. The second-order valence-corrected chi connectivity index (χ2v) is 7.16. The smallest absolute Gasteiger partial charge is 0.272 e. The minimum atomic E-state index is -0.449. The van der Waals surface area contributed by atoms with Gasteiger partial charge in [0.1, 0.15) is 6.61 Å². The second-order valence-electron chi connectivity index (χ2n) is 6.30. The van der Waals surface area contributed by atoms with E-state index in [-0.39, 0.29) is 18.2 Å². The van der Waals surface area contributed by atoms with E-state index in [1.165, 1.54) is 25.5 Å². The maximum absolute atomic E-state index is 12.2. The van der Waals surface area contributed by atoms with Crippen molar-refractivity contribution in [2.45, 2.75) is 6.61 Å². The number of nitrogens with one attached hydrogen (secondary N) is 1. The maximum Gasteiger partial charge on any atom is 0.272 e. The molecule has 0 aliphatic heterocycles. The van der Waals surface area contributed by atoms with Gasteiger partial charge in [-0.15, -0.1) is 0 Å². The number of amides is 1. The van der Waals surface area contributed by atoms with E-state index in [1.807, 2.05) is 6.07 Å². The average molecular weight is 484 g/mol. The first-order valence-corrected chi connectivity index (χ1v) is 9.89. The molecule has 0 saturated heterocycles. The van der Waals surface area contributed by atoms with Gasteiger partial charge >= 0.3 is 0 Å². The lowest BCUT2D eigenvalue weighted by Crippen LogP contribution is -2.18. The summed E-state index contributed by atoms with van der Waals surface area (Å²) < 4.78 is 11.8. The summed E-state index contributed by atoms with van der Waals surface area (Å²) in [6.07, 6.45) is 1.50. The predicted molar refractivity (Wildman–Crippen MR) is 120 cm³/mol. The van der Waals surface area contributed by atoms with E-state index in [0.717, 1.165) is 5.56 Å². The van der Waals surface area contributed by atoms with E-state index in [4.69, 9.17) is 9.47 Å². The number of ether oxygens (including phenoxy) is 2. The van der Waals surface area contributed by atoms with Gasteiger partial charge in [0.2, 0.25) is 0 Å². The van der Waals surface area contributed by atoms with Crippen molar-refractivity contribution in [3.63, 3.8) is 0 Å². The highest BCUT2D eigenvalue weighted by atomic mass is 79.9. The fourth-order valence-corrected chi connectivity index (χ4v) is 3.09. The van der Waals surface area contributed by atoms with Crippen LogP contribution in [-0.4, -0.2) is 24.2 Å². The monoisotopic (exact) mass is 483 g/mol. The van der Waals surface area contributed by atoms with Crippen LogP contribution in [0.1, 0.15) is 21.5 Å². The van der Waals surface area contributed by atoms with E-state index in [1.54, 1.807) is 48.5 Å². The summed E-state index contributed by atoms with van der Waals surface area (Å²) in [5.41, 5.74) is 4.47. The Morgan fingerprint density at radius 1 is 1.13 bits per heavy atom. The van der Waals surface area contributed by atoms with Gasteiger partial charge in [0.15, 0.2) is 11.5 Å². The molecule has 0 aromatic heterocycles. The summed E-state index contributed by atoms with van der Waals surface area (Å²) in [6.45, 7) is 0.226. The molecule has 0 aliphatic carbocycles. The van der Waals surface area contributed by atoms with Crippen molar-refractivity contribution in [3.05, 3.63) is 98.0 Å². The molecule has 0 unspecified atom stereocenters. The van der Waals surface area contributed by atoms with E-state index in [2.05, 4.69) is 26.5 Å². The first kappa shape index (κ1) is 22.0. The van der Waals surface area contributed by atoms with Gasteiger partial charge in [0.25, 0.3) is 11.6 Å². The number of benzene rings is 3. The molecule has 158 valence electrons. The molecule has 3 rings (SSSR count). The largest absolute Gasteiger partial charge is 0.493 e. The fourth-order valence-electron chi connectivity index (χ4n) is 2.63. The van der Waals surface area contributed by atoms with Crippen LogP contribution in [0.4, 0.5) is 5.69 Å². The Morgan fingerprint density at radius 2 is 1.87 bits per heavy atom. The molecule has 1 N–H and O–H groups in total. The van der Waals surface area contributed by atoms with Crippen molar-refractivity contribution < 1.29 is 19.2 Å². The van der Waals surface area contributed by atoms with Crippen LogP contribution in [0.15, 0.2) is 76.3 Å². The van der Waals surface area contributed by atoms with Crippen LogP contribution in [-0.2, 0) is 6.61 Å². The summed E-state index contributed by atoms with van der Waals surface area (Å²) in [7, 11) is 1.52. The molecule has 0 spiro atoms. The molecular weight excluding hydrogens is 466 g/mol. The van der Waals surface area contributed by atoms with E-state index in [0.29, 0.717) is 27.1 Å². The molecule has 9 heteroatoms. The zero-order valence-electron chi connectivity index (χ0n) is 16.4. The number of non-ortho nitro benzene ring substituents is 1. The zero-order valence-corrected chi connectivity index (χ0v) is 18.0. The van der Waals surface area contributed by atoms with E-state index < -0.39 is 4.92 Å². The first-order chi connectivity index (χ1) is 15.0. The Hall–Kier alpha value is -3.72. The Balaban J connectivity index is 1.62. The number of nitro groups is 1. The molecule has 0 saturated carbocycles. The topological polar surface area (TPSA) is 103 Å². The van der Waals surface area contributed by atoms with E-state index in [9.17, 15) is 14.9 Å². The third-order valence-electron chi connectivity index (χ3n) is 4.23. The van der Waals surface area contributed by atoms with Crippen molar-refractivity contribution in [2.24, 2.45) is 5.10 Å². The van der Waals surface area contributed by atoms with Crippen molar-refractivity contribution in [2.75, 3.05) is 7.11 Å². The van der Waals surface area contributed by atoms with Crippen molar-refractivity contribution in [1.29, 1.82) is 0 Å². The minimum absolute atomic E-state index is 0.0247. The van der Waals surface area contributed by atoms with Gasteiger partial charge in [-0.1, -0.05) is 12.1 Å². The molecule has 0 heterocycles. The van der Waals surface area contributed by atoms with Crippen molar-refractivity contribution >= 4 is 33.7 Å². The Labute approximate surface area is 186 Å².